The van der Waals surface area contributed by atoms with Crippen LogP contribution in [0.2, 0.25) is 5.02 Å². The van der Waals surface area contributed by atoms with E-state index in [4.69, 9.17) is 11.6 Å². The molecule has 1 rings (SSSR count). The molecule has 0 aliphatic carbocycles. The summed E-state index contributed by atoms with van der Waals surface area (Å²) in [6, 6.07) is 6.75. The molecular weight excluding hydrogens is 260 g/mol. The summed E-state index contributed by atoms with van der Waals surface area (Å²) < 4.78 is 4.54. The Morgan fingerprint density at radius 1 is 1.47 bits per heavy atom. The molecule has 0 heterocycles. The standard InChI is InChI=1S/C12H13ClO3S/c1-8(6-11(14)16-2)17-12(15)9-4-3-5-10(13)7-9/h3-5,7-8H,6H2,1-2H3. The van der Waals surface area contributed by atoms with Crippen LogP contribution in [-0.4, -0.2) is 23.4 Å². The highest BCUT2D eigenvalue weighted by atomic mass is 35.5. The van der Waals surface area contributed by atoms with Crippen molar-refractivity contribution in [3.8, 4) is 0 Å². The Morgan fingerprint density at radius 2 is 2.18 bits per heavy atom. The third kappa shape index (κ3) is 4.79. The van der Waals surface area contributed by atoms with E-state index in [1.54, 1.807) is 24.3 Å². The number of methoxy groups -OCH3 is 1. The Hall–Kier alpha value is -1.00. The van der Waals surface area contributed by atoms with Crippen LogP contribution in [0.5, 0.6) is 0 Å². The van der Waals surface area contributed by atoms with Crippen LogP contribution >= 0.6 is 23.4 Å². The van der Waals surface area contributed by atoms with Gasteiger partial charge in [0.15, 0.2) is 0 Å². The summed E-state index contributed by atoms with van der Waals surface area (Å²) in [7, 11) is 1.33. The third-order valence-electron chi connectivity index (χ3n) is 2.05. The van der Waals surface area contributed by atoms with Gasteiger partial charge < -0.3 is 4.74 Å². The summed E-state index contributed by atoms with van der Waals surface area (Å²) in [5.74, 6) is -0.316. The summed E-state index contributed by atoms with van der Waals surface area (Å²) in [5.41, 5.74) is 0.541. The van der Waals surface area contributed by atoms with E-state index in [1.807, 2.05) is 6.92 Å². The number of esters is 1. The van der Waals surface area contributed by atoms with Crippen molar-refractivity contribution in [1.82, 2.24) is 0 Å². The van der Waals surface area contributed by atoms with Crippen LogP contribution in [0.4, 0.5) is 0 Å². The highest BCUT2D eigenvalue weighted by molar-refractivity contribution is 8.14. The van der Waals surface area contributed by atoms with Crippen molar-refractivity contribution in [2.75, 3.05) is 7.11 Å². The average molecular weight is 273 g/mol. The first-order chi connectivity index (χ1) is 8.02. The second-order valence-electron chi connectivity index (χ2n) is 3.51. The van der Waals surface area contributed by atoms with Crippen LogP contribution in [0.3, 0.4) is 0 Å². The summed E-state index contributed by atoms with van der Waals surface area (Å²) in [6.07, 6.45) is 0.216. The zero-order valence-corrected chi connectivity index (χ0v) is 11.2. The molecule has 1 aromatic rings. The molecule has 0 N–H and O–H groups in total. The minimum absolute atomic E-state index is 0.0936. The van der Waals surface area contributed by atoms with Gasteiger partial charge in [0.05, 0.1) is 13.5 Å². The lowest BCUT2D eigenvalue weighted by Crippen LogP contribution is -2.11. The van der Waals surface area contributed by atoms with Gasteiger partial charge in [-0.25, -0.2) is 0 Å². The molecule has 92 valence electrons. The van der Waals surface area contributed by atoms with Crippen molar-refractivity contribution in [2.24, 2.45) is 0 Å². The maximum Gasteiger partial charge on any atom is 0.306 e. The molecule has 0 bridgehead atoms. The first-order valence-electron chi connectivity index (χ1n) is 5.06. The van der Waals surface area contributed by atoms with Gasteiger partial charge in [-0.05, 0) is 12.1 Å². The molecule has 1 atom stereocenters. The van der Waals surface area contributed by atoms with Crippen molar-refractivity contribution < 1.29 is 14.3 Å². The van der Waals surface area contributed by atoms with Crippen LogP contribution in [0.1, 0.15) is 23.7 Å². The number of ether oxygens (including phenoxy) is 1. The Balaban J connectivity index is 2.57. The summed E-state index contributed by atoms with van der Waals surface area (Å²) in [6.45, 7) is 1.81. The zero-order valence-electron chi connectivity index (χ0n) is 9.60. The largest absolute Gasteiger partial charge is 0.469 e. The van der Waals surface area contributed by atoms with Gasteiger partial charge in [-0.1, -0.05) is 42.4 Å². The maximum absolute atomic E-state index is 11.8. The summed E-state index contributed by atoms with van der Waals surface area (Å²) in [4.78, 5) is 22.9. The predicted molar refractivity (Wildman–Crippen MR) is 69.5 cm³/mol. The van der Waals surface area contributed by atoms with Gasteiger partial charge in [-0.2, -0.15) is 0 Å². The zero-order chi connectivity index (χ0) is 12.8. The van der Waals surface area contributed by atoms with Crippen LogP contribution in [0.15, 0.2) is 24.3 Å². The van der Waals surface area contributed by atoms with Gasteiger partial charge in [0, 0.05) is 15.8 Å². The number of thioether (sulfide) groups is 1. The highest BCUT2D eigenvalue weighted by Gasteiger charge is 2.15. The molecule has 3 nitrogen and oxygen atoms in total. The second-order valence-corrected chi connectivity index (χ2v) is 5.35. The van der Waals surface area contributed by atoms with Gasteiger partial charge >= 0.3 is 5.97 Å². The van der Waals surface area contributed by atoms with E-state index in [0.29, 0.717) is 10.6 Å². The fourth-order valence-corrected chi connectivity index (χ4v) is 2.26. The van der Waals surface area contributed by atoms with E-state index in [-0.39, 0.29) is 22.8 Å². The molecule has 1 aromatic carbocycles. The Bertz CT molecular complexity index is 420. The third-order valence-corrected chi connectivity index (χ3v) is 3.30. The molecule has 0 aliphatic rings. The number of hydrogen-bond acceptors (Lipinski definition) is 4. The molecule has 0 radical (unpaired) electrons. The van der Waals surface area contributed by atoms with Gasteiger partial charge in [0.25, 0.3) is 0 Å². The Morgan fingerprint density at radius 3 is 2.76 bits per heavy atom. The number of halogens is 1. The minimum atomic E-state index is -0.316. The van der Waals surface area contributed by atoms with Crippen molar-refractivity contribution in [3.05, 3.63) is 34.9 Å². The topological polar surface area (TPSA) is 43.4 Å². The van der Waals surface area contributed by atoms with Crippen molar-refractivity contribution in [3.63, 3.8) is 0 Å². The molecule has 0 saturated carbocycles. The fourth-order valence-electron chi connectivity index (χ4n) is 1.23. The molecular formula is C12H13ClO3S. The molecule has 0 aliphatic heterocycles. The lowest BCUT2D eigenvalue weighted by Gasteiger charge is -2.08. The maximum atomic E-state index is 11.8. The van der Waals surface area contributed by atoms with Crippen molar-refractivity contribution in [1.29, 1.82) is 0 Å². The Labute approximate surface area is 109 Å². The van der Waals surface area contributed by atoms with E-state index >= 15 is 0 Å². The lowest BCUT2D eigenvalue weighted by atomic mass is 10.2. The molecule has 1 unspecified atom stereocenters. The van der Waals surface area contributed by atoms with E-state index in [9.17, 15) is 9.59 Å². The van der Waals surface area contributed by atoms with Crippen LogP contribution < -0.4 is 0 Å². The van der Waals surface area contributed by atoms with Crippen LogP contribution in [-0.2, 0) is 9.53 Å². The average Bonchev–Trinajstić information content (AvgIpc) is 2.28. The highest BCUT2D eigenvalue weighted by Crippen LogP contribution is 2.22. The van der Waals surface area contributed by atoms with E-state index in [0.717, 1.165) is 11.8 Å². The smallest absolute Gasteiger partial charge is 0.306 e. The monoisotopic (exact) mass is 272 g/mol. The number of benzene rings is 1. The molecule has 0 amide bonds. The van der Waals surface area contributed by atoms with Gasteiger partial charge in [-0.3, -0.25) is 9.59 Å². The fraction of sp³-hybridized carbons (Fsp3) is 0.333. The normalized spacial score (nSPS) is 11.9. The van der Waals surface area contributed by atoms with Gasteiger partial charge in [-0.15, -0.1) is 0 Å². The van der Waals surface area contributed by atoms with Crippen LogP contribution in [0.25, 0.3) is 0 Å². The van der Waals surface area contributed by atoms with Crippen LogP contribution in [0, 0.1) is 0 Å². The molecule has 0 spiro atoms. The first-order valence-corrected chi connectivity index (χ1v) is 6.32. The van der Waals surface area contributed by atoms with Crippen molar-refractivity contribution >= 4 is 34.4 Å². The number of carbonyl (C=O) groups is 2. The van der Waals surface area contributed by atoms with E-state index in [1.165, 1.54) is 7.11 Å². The van der Waals surface area contributed by atoms with E-state index < -0.39 is 0 Å². The number of rotatable bonds is 4. The molecule has 17 heavy (non-hydrogen) atoms. The lowest BCUT2D eigenvalue weighted by molar-refractivity contribution is -0.140. The van der Waals surface area contributed by atoms with E-state index in [2.05, 4.69) is 4.74 Å². The quantitative estimate of drug-likeness (QED) is 0.790. The molecule has 0 aromatic heterocycles. The Kier molecular flexibility index (Phi) is 5.51. The van der Waals surface area contributed by atoms with Gasteiger partial charge in [0.2, 0.25) is 5.12 Å². The summed E-state index contributed by atoms with van der Waals surface area (Å²) in [5, 5.41) is 0.315. The molecule has 5 heteroatoms. The number of hydrogen-bond donors (Lipinski definition) is 0. The predicted octanol–water partition coefficient (Wildman–Crippen LogP) is 3.17. The first kappa shape index (κ1) is 14.1. The molecule has 0 saturated heterocycles. The SMILES string of the molecule is COC(=O)CC(C)SC(=O)c1cccc(Cl)c1. The number of carbonyl (C=O) groups excluding carboxylic acids is 2. The van der Waals surface area contributed by atoms with Gasteiger partial charge in [0.1, 0.15) is 0 Å². The van der Waals surface area contributed by atoms with Crippen molar-refractivity contribution in [2.45, 2.75) is 18.6 Å². The minimum Gasteiger partial charge on any atom is -0.469 e. The molecule has 0 fully saturated rings. The second kappa shape index (κ2) is 6.67. The summed E-state index contributed by atoms with van der Waals surface area (Å²) >= 11 is 6.90.